The second-order valence-electron chi connectivity index (χ2n) is 9.37. The molecule has 0 heterocycles. The Kier molecular flexibility index (Phi) is 16.1. The van der Waals surface area contributed by atoms with E-state index in [4.69, 9.17) is 5.11 Å². The Labute approximate surface area is 174 Å². The van der Waals surface area contributed by atoms with E-state index in [0.29, 0.717) is 12.3 Å². The van der Waals surface area contributed by atoms with Gasteiger partial charge in [-0.3, -0.25) is 9.69 Å². The van der Waals surface area contributed by atoms with Crippen molar-refractivity contribution in [2.24, 2.45) is 11.8 Å². The molecule has 170 valence electrons. The van der Waals surface area contributed by atoms with Crippen LogP contribution in [0.1, 0.15) is 106 Å². The standard InChI is InChI=1S/C13H26O2.C10H23NO2/c1-3-4-5-6-7-8-9-10-11-12(2)13(14)15;1-8(2)7-10(13,11(5)6)9(3,4)12/h12H,3-11H2,1-2H3,(H,14,15);8,12-13H,7H2,1-6H3. The molecule has 0 saturated carbocycles. The molecule has 5 nitrogen and oxygen atoms in total. The lowest BCUT2D eigenvalue weighted by atomic mass is 9.86. The third kappa shape index (κ3) is 13.5. The average molecular weight is 404 g/mol. The van der Waals surface area contributed by atoms with Gasteiger partial charge in [-0.1, -0.05) is 79.1 Å². The number of carbonyl (C=O) groups is 1. The molecule has 0 aromatic heterocycles. The zero-order valence-electron chi connectivity index (χ0n) is 19.9. The van der Waals surface area contributed by atoms with Crippen molar-refractivity contribution in [3.63, 3.8) is 0 Å². The van der Waals surface area contributed by atoms with Crippen LogP contribution in [0, 0.1) is 11.8 Å². The molecule has 0 amide bonds. The van der Waals surface area contributed by atoms with Gasteiger partial charge in [0.15, 0.2) is 0 Å². The smallest absolute Gasteiger partial charge is 0.306 e. The largest absolute Gasteiger partial charge is 0.481 e. The molecule has 3 N–H and O–H groups in total. The van der Waals surface area contributed by atoms with Gasteiger partial charge in [0, 0.05) is 0 Å². The highest BCUT2D eigenvalue weighted by molar-refractivity contribution is 5.69. The van der Waals surface area contributed by atoms with Crippen molar-refractivity contribution in [2.75, 3.05) is 14.1 Å². The number of rotatable bonds is 14. The highest BCUT2D eigenvalue weighted by Gasteiger charge is 2.44. The minimum atomic E-state index is -1.15. The van der Waals surface area contributed by atoms with E-state index < -0.39 is 17.3 Å². The van der Waals surface area contributed by atoms with Crippen LogP contribution in [-0.4, -0.2) is 51.6 Å². The van der Waals surface area contributed by atoms with Gasteiger partial charge in [0.1, 0.15) is 11.3 Å². The summed E-state index contributed by atoms with van der Waals surface area (Å²) in [5, 5.41) is 28.8. The summed E-state index contributed by atoms with van der Waals surface area (Å²) in [5.74, 6) is -0.470. The molecule has 0 aromatic carbocycles. The van der Waals surface area contributed by atoms with E-state index >= 15 is 0 Å². The maximum absolute atomic E-state index is 10.5. The number of aliphatic hydroxyl groups is 2. The number of nitrogens with zero attached hydrogens (tertiary/aromatic N) is 1. The van der Waals surface area contributed by atoms with Gasteiger partial charge in [0.25, 0.3) is 0 Å². The molecule has 0 radical (unpaired) electrons. The third-order valence-electron chi connectivity index (χ3n) is 5.32. The second-order valence-corrected chi connectivity index (χ2v) is 9.37. The van der Waals surface area contributed by atoms with E-state index in [1.165, 1.54) is 44.9 Å². The maximum Gasteiger partial charge on any atom is 0.306 e. The Hall–Kier alpha value is -0.650. The van der Waals surface area contributed by atoms with Crippen molar-refractivity contribution in [1.82, 2.24) is 4.90 Å². The molecule has 28 heavy (non-hydrogen) atoms. The monoisotopic (exact) mass is 403 g/mol. The number of carboxylic acid groups (broad SMARTS) is 1. The zero-order valence-corrected chi connectivity index (χ0v) is 19.9. The normalized spacial score (nSPS) is 15.1. The van der Waals surface area contributed by atoms with Crippen molar-refractivity contribution in [2.45, 2.75) is 117 Å². The summed E-state index contributed by atoms with van der Waals surface area (Å²) in [5.41, 5.74) is -2.26. The Morgan fingerprint density at radius 2 is 1.32 bits per heavy atom. The van der Waals surface area contributed by atoms with Gasteiger partial charge in [0.05, 0.1) is 5.92 Å². The molecule has 5 heteroatoms. The molecular weight excluding hydrogens is 354 g/mol. The highest BCUT2D eigenvalue weighted by Crippen LogP contribution is 2.30. The SMILES string of the molecule is CC(C)CC(O)(N(C)C)C(C)(C)O.CCCCCCCCCCC(C)C(=O)O. The van der Waals surface area contributed by atoms with Crippen molar-refractivity contribution in [3.8, 4) is 0 Å². The molecule has 0 aromatic rings. The molecule has 0 rings (SSSR count). The summed E-state index contributed by atoms with van der Waals surface area (Å²) < 4.78 is 0. The fourth-order valence-electron chi connectivity index (χ4n) is 3.26. The molecule has 0 fully saturated rings. The van der Waals surface area contributed by atoms with E-state index in [2.05, 4.69) is 6.92 Å². The first kappa shape index (κ1) is 29.6. The fourth-order valence-corrected chi connectivity index (χ4v) is 3.26. The van der Waals surface area contributed by atoms with Gasteiger partial charge in [-0.2, -0.15) is 0 Å². The molecule has 0 aliphatic heterocycles. The number of hydrogen-bond donors (Lipinski definition) is 3. The topological polar surface area (TPSA) is 81.0 Å². The van der Waals surface area contributed by atoms with Crippen LogP contribution in [0.25, 0.3) is 0 Å². The Balaban J connectivity index is 0. The first-order valence-corrected chi connectivity index (χ1v) is 11.1. The molecular formula is C23H49NO4. The summed E-state index contributed by atoms with van der Waals surface area (Å²) in [6.07, 6.45) is 11.6. The van der Waals surface area contributed by atoms with Crippen LogP contribution in [0.15, 0.2) is 0 Å². The van der Waals surface area contributed by atoms with E-state index in [0.717, 1.165) is 12.8 Å². The molecule has 2 atom stereocenters. The lowest BCUT2D eigenvalue weighted by Crippen LogP contribution is -2.60. The van der Waals surface area contributed by atoms with Gasteiger partial charge in [0.2, 0.25) is 0 Å². The molecule has 0 bridgehead atoms. The quantitative estimate of drug-likeness (QED) is 0.271. The number of aliphatic carboxylic acids is 1. The van der Waals surface area contributed by atoms with Crippen molar-refractivity contribution in [1.29, 1.82) is 0 Å². The van der Waals surface area contributed by atoms with Crippen LogP contribution >= 0.6 is 0 Å². The minimum absolute atomic E-state index is 0.162. The first-order valence-electron chi connectivity index (χ1n) is 11.1. The lowest BCUT2D eigenvalue weighted by molar-refractivity contribution is -0.213. The van der Waals surface area contributed by atoms with Gasteiger partial charge >= 0.3 is 5.97 Å². The Morgan fingerprint density at radius 1 is 0.893 bits per heavy atom. The van der Waals surface area contributed by atoms with Crippen LogP contribution in [0.5, 0.6) is 0 Å². The predicted octanol–water partition coefficient (Wildman–Crippen LogP) is 5.29. The summed E-state index contributed by atoms with van der Waals surface area (Å²) in [7, 11) is 3.56. The maximum atomic E-state index is 10.5. The number of hydrogen-bond acceptors (Lipinski definition) is 4. The highest BCUT2D eigenvalue weighted by atomic mass is 16.4. The number of likely N-dealkylation sites (N-methyl/N-ethyl adjacent to an activating group) is 1. The molecule has 0 saturated heterocycles. The summed E-state index contributed by atoms with van der Waals surface area (Å²) in [6.45, 7) is 11.3. The van der Waals surface area contributed by atoms with Crippen molar-refractivity contribution >= 4 is 5.97 Å². The van der Waals surface area contributed by atoms with Crippen LogP contribution in [-0.2, 0) is 4.79 Å². The van der Waals surface area contributed by atoms with Gasteiger partial charge < -0.3 is 15.3 Å². The van der Waals surface area contributed by atoms with Crippen LogP contribution < -0.4 is 0 Å². The fraction of sp³-hybridized carbons (Fsp3) is 0.957. The summed E-state index contributed by atoms with van der Waals surface area (Å²) in [6, 6.07) is 0. The van der Waals surface area contributed by atoms with E-state index in [1.807, 2.05) is 13.8 Å². The van der Waals surface area contributed by atoms with Crippen molar-refractivity contribution in [3.05, 3.63) is 0 Å². The molecule has 2 unspecified atom stereocenters. The van der Waals surface area contributed by atoms with E-state index in [9.17, 15) is 15.0 Å². The molecule has 0 aliphatic rings. The minimum Gasteiger partial charge on any atom is -0.481 e. The second kappa shape index (κ2) is 15.2. The van der Waals surface area contributed by atoms with Crippen LogP contribution in [0.2, 0.25) is 0 Å². The van der Waals surface area contributed by atoms with Crippen LogP contribution in [0.3, 0.4) is 0 Å². The van der Waals surface area contributed by atoms with E-state index in [1.54, 1.807) is 39.8 Å². The van der Waals surface area contributed by atoms with Gasteiger partial charge in [-0.05, 0) is 46.7 Å². The Morgan fingerprint density at radius 3 is 1.61 bits per heavy atom. The number of carboxylic acids is 1. The van der Waals surface area contributed by atoms with Gasteiger partial charge in [-0.15, -0.1) is 0 Å². The summed E-state index contributed by atoms with van der Waals surface area (Å²) in [4.78, 5) is 12.2. The van der Waals surface area contributed by atoms with Gasteiger partial charge in [-0.25, -0.2) is 0 Å². The predicted molar refractivity (Wildman–Crippen MR) is 118 cm³/mol. The molecule has 0 spiro atoms. The third-order valence-corrected chi connectivity index (χ3v) is 5.32. The average Bonchev–Trinajstić information content (AvgIpc) is 2.55. The zero-order chi connectivity index (χ0) is 22.4. The van der Waals surface area contributed by atoms with Crippen molar-refractivity contribution < 1.29 is 20.1 Å². The lowest BCUT2D eigenvalue weighted by Gasteiger charge is -2.44. The Bertz CT molecular complexity index is 391. The first-order chi connectivity index (χ1) is 12.8. The summed E-state index contributed by atoms with van der Waals surface area (Å²) >= 11 is 0. The van der Waals surface area contributed by atoms with E-state index in [-0.39, 0.29) is 5.92 Å². The van der Waals surface area contributed by atoms with Crippen LogP contribution in [0.4, 0.5) is 0 Å². The molecule has 0 aliphatic carbocycles. The number of unbranched alkanes of at least 4 members (excludes halogenated alkanes) is 7.